The van der Waals surface area contributed by atoms with Gasteiger partial charge in [0.2, 0.25) is 11.7 Å². The van der Waals surface area contributed by atoms with Crippen molar-refractivity contribution in [1.29, 1.82) is 0 Å². The highest BCUT2D eigenvalue weighted by Gasteiger charge is 2.13. The first-order valence-electron chi connectivity index (χ1n) is 8.40. The van der Waals surface area contributed by atoms with Gasteiger partial charge >= 0.3 is 0 Å². The van der Waals surface area contributed by atoms with Crippen LogP contribution in [-0.4, -0.2) is 32.0 Å². The molecule has 0 amide bonds. The molecule has 0 aliphatic rings. The summed E-state index contributed by atoms with van der Waals surface area (Å²) in [5.41, 5.74) is 2.74. The number of hydrogen-bond donors (Lipinski definition) is 0. The summed E-state index contributed by atoms with van der Waals surface area (Å²) in [6.07, 6.45) is 1.65. The molecular weight excluding hydrogens is 398 g/mol. The third kappa shape index (κ3) is 3.88. The van der Waals surface area contributed by atoms with Crippen LogP contribution in [0.3, 0.4) is 0 Å². The molecule has 0 radical (unpaired) electrons. The van der Waals surface area contributed by atoms with Gasteiger partial charge in [-0.05, 0) is 36.8 Å². The molecule has 4 rings (SSSR count). The van der Waals surface area contributed by atoms with Crippen molar-refractivity contribution in [2.75, 3.05) is 7.11 Å². The number of methoxy groups -OCH3 is 1. The maximum atomic E-state index is 6.24. The van der Waals surface area contributed by atoms with E-state index in [4.69, 9.17) is 20.9 Å². The van der Waals surface area contributed by atoms with Gasteiger partial charge in [0.1, 0.15) is 12.1 Å². The third-order valence-electron chi connectivity index (χ3n) is 4.07. The number of aryl methyl sites for hydroxylation is 1. The van der Waals surface area contributed by atoms with E-state index < -0.39 is 0 Å². The Kier molecular flexibility index (Phi) is 5.31. The van der Waals surface area contributed by atoms with Gasteiger partial charge in [-0.15, -0.1) is 10.2 Å². The first-order chi connectivity index (χ1) is 13.6. The fraction of sp³-hybridized carbons (Fsp3) is 0.158. The van der Waals surface area contributed by atoms with Gasteiger partial charge in [0, 0.05) is 10.6 Å². The van der Waals surface area contributed by atoms with E-state index in [0.717, 1.165) is 22.6 Å². The van der Waals surface area contributed by atoms with Gasteiger partial charge in [-0.1, -0.05) is 46.7 Å². The second-order valence-corrected chi connectivity index (χ2v) is 7.30. The van der Waals surface area contributed by atoms with Crippen LogP contribution in [-0.2, 0) is 5.75 Å². The second-order valence-electron chi connectivity index (χ2n) is 5.95. The van der Waals surface area contributed by atoms with Gasteiger partial charge < -0.3 is 9.26 Å². The zero-order valence-corrected chi connectivity index (χ0v) is 16.7. The minimum atomic E-state index is 0.468. The largest absolute Gasteiger partial charge is 0.497 e. The summed E-state index contributed by atoms with van der Waals surface area (Å²) in [6.45, 7) is 1.96. The van der Waals surface area contributed by atoms with Crippen LogP contribution >= 0.6 is 23.4 Å². The normalized spacial score (nSPS) is 11.0. The van der Waals surface area contributed by atoms with Crippen molar-refractivity contribution in [3.05, 3.63) is 65.3 Å². The Morgan fingerprint density at radius 2 is 2.11 bits per heavy atom. The molecule has 2 heterocycles. The van der Waals surface area contributed by atoms with Gasteiger partial charge in [-0.3, -0.25) is 4.57 Å². The number of ether oxygens (including phenoxy) is 1. The maximum Gasteiger partial charge on any atom is 0.237 e. The number of hydrogen-bond acceptors (Lipinski definition) is 7. The van der Waals surface area contributed by atoms with Crippen LogP contribution < -0.4 is 4.74 Å². The van der Waals surface area contributed by atoms with Crippen LogP contribution in [0.5, 0.6) is 5.75 Å². The van der Waals surface area contributed by atoms with Crippen molar-refractivity contribution in [3.8, 4) is 22.8 Å². The highest BCUT2D eigenvalue weighted by molar-refractivity contribution is 7.98. The van der Waals surface area contributed by atoms with Gasteiger partial charge in [-0.25, -0.2) is 0 Å². The molecule has 9 heteroatoms. The SMILES string of the molecule is COc1cccc(-c2noc(CSc3nncn3-c3ccc(C)c(Cl)c3)n2)c1. The first-order valence-corrected chi connectivity index (χ1v) is 9.77. The molecule has 0 fully saturated rings. The Hall–Kier alpha value is -2.84. The van der Waals surface area contributed by atoms with Gasteiger partial charge in [0.15, 0.2) is 5.16 Å². The van der Waals surface area contributed by atoms with Crippen molar-refractivity contribution in [3.63, 3.8) is 0 Å². The summed E-state index contributed by atoms with van der Waals surface area (Å²) in [7, 11) is 1.62. The molecule has 0 spiro atoms. The molecule has 7 nitrogen and oxygen atoms in total. The first kappa shape index (κ1) is 18.5. The lowest BCUT2D eigenvalue weighted by Gasteiger charge is -2.07. The summed E-state index contributed by atoms with van der Waals surface area (Å²) < 4.78 is 12.5. The molecular formula is C19H16ClN5O2S. The van der Waals surface area contributed by atoms with Crippen LogP contribution in [0.2, 0.25) is 5.02 Å². The minimum absolute atomic E-state index is 0.468. The topological polar surface area (TPSA) is 78.9 Å². The molecule has 0 N–H and O–H groups in total. The highest BCUT2D eigenvalue weighted by atomic mass is 35.5. The van der Waals surface area contributed by atoms with Crippen LogP contribution in [0.15, 0.2) is 58.5 Å². The van der Waals surface area contributed by atoms with Gasteiger partial charge in [0.05, 0.1) is 18.6 Å². The molecule has 4 aromatic rings. The molecule has 142 valence electrons. The molecule has 0 bridgehead atoms. The number of halogens is 1. The molecule has 0 saturated heterocycles. The van der Waals surface area contributed by atoms with Crippen LogP contribution in [0.25, 0.3) is 17.1 Å². The smallest absolute Gasteiger partial charge is 0.237 e. The van der Waals surface area contributed by atoms with Crippen molar-refractivity contribution in [2.45, 2.75) is 17.8 Å². The maximum absolute atomic E-state index is 6.24. The summed E-state index contributed by atoms with van der Waals surface area (Å²) in [6, 6.07) is 13.3. The quantitative estimate of drug-likeness (QED) is 0.428. The lowest BCUT2D eigenvalue weighted by Crippen LogP contribution is -1.96. The summed E-state index contributed by atoms with van der Waals surface area (Å²) in [4.78, 5) is 4.45. The van der Waals surface area contributed by atoms with E-state index in [9.17, 15) is 0 Å². The van der Waals surface area contributed by atoms with Crippen molar-refractivity contribution in [2.24, 2.45) is 0 Å². The number of aromatic nitrogens is 5. The number of benzene rings is 2. The summed E-state index contributed by atoms with van der Waals surface area (Å²) in [5.74, 6) is 2.22. The van der Waals surface area contributed by atoms with E-state index in [-0.39, 0.29) is 0 Å². The van der Waals surface area contributed by atoms with E-state index in [1.165, 1.54) is 11.8 Å². The lowest BCUT2D eigenvalue weighted by molar-refractivity contribution is 0.391. The van der Waals surface area contributed by atoms with Gasteiger partial charge in [-0.2, -0.15) is 4.98 Å². The Labute approximate surface area is 170 Å². The summed E-state index contributed by atoms with van der Waals surface area (Å²) >= 11 is 7.69. The predicted octanol–water partition coefficient (Wildman–Crippen LogP) is 4.58. The molecule has 0 saturated carbocycles. The Morgan fingerprint density at radius 3 is 2.93 bits per heavy atom. The fourth-order valence-electron chi connectivity index (χ4n) is 2.55. The van der Waals surface area contributed by atoms with Crippen LogP contribution in [0, 0.1) is 6.92 Å². The fourth-order valence-corrected chi connectivity index (χ4v) is 3.49. The third-order valence-corrected chi connectivity index (χ3v) is 5.41. The molecule has 0 unspecified atom stereocenters. The van der Waals surface area contributed by atoms with E-state index in [1.54, 1.807) is 13.4 Å². The van der Waals surface area contributed by atoms with Crippen molar-refractivity contribution < 1.29 is 9.26 Å². The number of rotatable bonds is 6. The minimum Gasteiger partial charge on any atom is -0.497 e. The zero-order chi connectivity index (χ0) is 19.5. The van der Waals surface area contributed by atoms with Crippen LogP contribution in [0.1, 0.15) is 11.5 Å². The average Bonchev–Trinajstić information content (AvgIpc) is 3.38. The highest BCUT2D eigenvalue weighted by Crippen LogP contribution is 2.27. The van der Waals surface area contributed by atoms with Crippen molar-refractivity contribution >= 4 is 23.4 Å². The molecule has 2 aromatic carbocycles. The Morgan fingerprint density at radius 1 is 1.21 bits per heavy atom. The van der Waals surface area contributed by atoms with E-state index >= 15 is 0 Å². The lowest BCUT2D eigenvalue weighted by atomic mass is 10.2. The molecule has 0 aliphatic heterocycles. The monoisotopic (exact) mass is 413 g/mol. The van der Waals surface area contributed by atoms with Gasteiger partial charge in [0.25, 0.3) is 0 Å². The molecule has 2 aromatic heterocycles. The van der Waals surface area contributed by atoms with E-state index in [0.29, 0.717) is 27.6 Å². The molecule has 28 heavy (non-hydrogen) atoms. The second kappa shape index (κ2) is 8.04. The predicted molar refractivity (Wildman–Crippen MR) is 107 cm³/mol. The van der Waals surface area contributed by atoms with Crippen LogP contribution in [0.4, 0.5) is 0 Å². The van der Waals surface area contributed by atoms with Crippen molar-refractivity contribution in [1.82, 2.24) is 24.9 Å². The number of thioether (sulfide) groups is 1. The standard InChI is InChI=1S/C19H16ClN5O2S/c1-12-6-7-14(9-16(12)20)25-11-21-23-19(25)28-10-17-22-18(24-27-17)13-4-3-5-15(8-13)26-2/h3-9,11H,10H2,1-2H3. The van der Waals surface area contributed by atoms with E-state index in [2.05, 4.69) is 20.3 Å². The van der Waals surface area contributed by atoms with E-state index in [1.807, 2.05) is 54.0 Å². The Bertz CT molecular complexity index is 1110. The summed E-state index contributed by atoms with van der Waals surface area (Å²) in [5, 5.41) is 13.6. The average molecular weight is 414 g/mol. The molecule has 0 aliphatic carbocycles. The molecule has 0 atom stereocenters. The number of nitrogens with zero attached hydrogens (tertiary/aromatic N) is 5. The zero-order valence-electron chi connectivity index (χ0n) is 15.2. The Balaban J connectivity index is 1.49.